The molecule has 0 saturated carbocycles. The SMILES string of the molecule is Cc1ccc(-c2cc(-c3ccc(Cl)cc3)nc3c(N4c5ccccc5N(c5ccccc5)c5ccccc54)cccc23)cc1. The fraction of sp³-hybridized carbons (Fsp3) is 0.0250. The molecule has 0 amide bonds. The Morgan fingerprint density at radius 3 is 1.68 bits per heavy atom. The summed E-state index contributed by atoms with van der Waals surface area (Å²) in [6, 6.07) is 53.2. The molecule has 6 aromatic carbocycles. The quantitative estimate of drug-likeness (QED) is 0.205. The zero-order valence-corrected chi connectivity index (χ0v) is 24.9. The largest absolute Gasteiger partial charge is 0.306 e. The maximum atomic E-state index is 6.28. The highest BCUT2D eigenvalue weighted by atomic mass is 35.5. The van der Waals surface area contributed by atoms with Crippen LogP contribution in [0, 0.1) is 6.92 Å². The van der Waals surface area contributed by atoms with Gasteiger partial charge in [0.2, 0.25) is 0 Å². The van der Waals surface area contributed by atoms with Gasteiger partial charge in [-0.15, -0.1) is 0 Å². The Labute approximate surface area is 262 Å². The van der Waals surface area contributed by atoms with Crippen molar-refractivity contribution in [1.29, 1.82) is 0 Å². The third-order valence-corrected chi connectivity index (χ3v) is 8.56. The van der Waals surface area contributed by atoms with Crippen LogP contribution >= 0.6 is 11.6 Å². The van der Waals surface area contributed by atoms with Gasteiger partial charge in [0.25, 0.3) is 0 Å². The lowest BCUT2D eigenvalue weighted by Gasteiger charge is -2.40. The Bertz CT molecular complexity index is 2090. The average Bonchev–Trinajstić information content (AvgIpc) is 3.07. The van der Waals surface area contributed by atoms with Gasteiger partial charge in [-0.3, -0.25) is 0 Å². The molecular weight excluding hydrogens is 558 g/mol. The fourth-order valence-electron chi connectivity index (χ4n) is 6.21. The van der Waals surface area contributed by atoms with Crippen molar-refractivity contribution in [3.8, 4) is 22.4 Å². The number of hydrogen-bond donors (Lipinski definition) is 0. The van der Waals surface area contributed by atoms with E-state index >= 15 is 0 Å². The minimum Gasteiger partial charge on any atom is -0.306 e. The summed E-state index contributed by atoms with van der Waals surface area (Å²) in [6.07, 6.45) is 0. The van der Waals surface area contributed by atoms with Gasteiger partial charge in [-0.1, -0.05) is 108 Å². The van der Waals surface area contributed by atoms with Crippen molar-refractivity contribution in [2.75, 3.05) is 9.80 Å². The lowest BCUT2D eigenvalue weighted by atomic mass is 9.96. The molecule has 0 radical (unpaired) electrons. The number of rotatable bonds is 4. The smallest absolute Gasteiger partial charge is 0.0956 e. The lowest BCUT2D eigenvalue weighted by molar-refractivity contribution is 1.17. The van der Waals surface area contributed by atoms with Crippen LogP contribution in [0.2, 0.25) is 5.02 Å². The van der Waals surface area contributed by atoms with E-state index in [0.717, 1.165) is 67.4 Å². The lowest BCUT2D eigenvalue weighted by Crippen LogP contribution is -2.24. The highest BCUT2D eigenvalue weighted by molar-refractivity contribution is 6.30. The van der Waals surface area contributed by atoms with E-state index in [2.05, 4.69) is 144 Å². The van der Waals surface area contributed by atoms with Crippen molar-refractivity contribution in [3.05, 3.63) is 162 Å². The van der Waals surface area contributed by atoms with Crippen LogP contribution in [-0.2, 0) is 0 Å². The fourth-order valence-corrected chi connectivity index (χ4v) is 6.34. The van der Waals surface area contributed by atoms with Crippen LogP contribution in [0.15, 0.2) is 152 Å². The number of para-hydroxylation sites is 6. The summed E-state index contributed by atoms with van der Waals surface area (Å²) in [7, 11) is 0. The highest BCUT2D eigenvalue weighted by Crippen LogP contribution is 2.55. The molecular formula is C40H28ClN3. The third kappa shape index (κ3) is 4.41. The Morgan fingerprint density at radius 2 is 1.05 bits per heavy atom. The van der Waals surface area contributed by atoms with Crippen LogP contribution < -0.4 is 9.80 Å². The molecule has 1 aliphatic rings. The Kier molecular flexibility index (Phi) is 6.40. The van der Waals surface area contributed by atoms with Gasteiger partial charge in [0.1, 0.15) is 0 Å². The molecule has 3 nitrogen and oxygen atoms in total. The van der Waals surface area contributed by atoms with Crippen molar-refractivity contribution in [2.45, 2.75) is 6.92 Å². The summed E-state index contributed by atoms with van der Waals surface area (Å²) in [4.78, 5) is 10.1. The van der Waals surface area contributed by atoms with Crippen molar-refractivity contribution in [2.24, 2.45) is 0 Å². The molecule has 0 atom stereocenters. The Morgan fingerprint density at radius 1 is 0.500 bits per heavy atom. The number of aryl methyl sites for hydroxylation is 1. The minimum absolute atomic E-state index is 0.707. The number of hydrogen-bond acceptors (Lipinski definition) is 3. The maximum Gasteiger partial charge on any atom is 0.0956 e. The second kappa shape index (κ2) is 10.7. The predicted octanol–water partition coefficient (Wildman–Crippen LogP) is 11.8. The number of benzene rings is 6. The van der Waals surface area contributed by atoms with Crippen molar-refractivity contribution in [1.82, 2.24) is 4.98 Å². The summed E-state index contributed by atoms with van der Waals surface area (Å²) in [5.74, 6) is 0. The number of anilines is 6. The Balaban J connectivity index is 1.42. The number of aromatic nitrogens is 1. The number of halogens is 1. The van der Waals surface area contributed by atoms with Crippen LogP contribution in [-0.4, -0.2) is 4.98 Å². The molecule has 2 heterocycles. The first-order valence-corrected chi connectivity index (χ1v) is 15.1. The zero-order chi connectivity index (χ0) is 29.6. The molecule has 44 heavy (non-hydrogen) atoms. The summed E-state index contributed by atoms with van der Waals surface area (Å²) in [5.41, 5.74) is 13.0. The first-order valence-electron chi connectivity index (χ1n) is 14.8. The first kappa shape index (κ1) is 26.3. The van der Waals surface area contributed by atoms with Crippen LogP contribution in [0.1, 0.15) is 5.56 Å². The summed E-state index contributed by atoms with van der Waals surface area (Å²) < 4.78 is 0. The second-order valence-electron chi connectivity index (χ2n) is 11.1. The molecule has 0 spiro atoms. The topological polar surface area (TPSA) is 19.4 Å². The van der Waals surface area contributed by atoms with Gasteiger partial charge in [0.05, 0.1) is 39.6 Å². The summed E-state index contributed by atoms with van der Waals surface area (Å²) >= 11 is 6.28. The molecule has 1 aliphatic heterocycles. The third-order valence-electron chi connectivity index (χ3n) is 8.30. The van der Waals surface area contributed by atoms with Crippen LogP contribution in [0.4, 0.5) is 34.1 Å². The standard InChI is InChI=1S/C40H28ClN3/c1-27-18-20-28(21-19-27)33-26-34(29-22-24-30(41)25-23-29)42-40-32(33)12-9-17-39(40)44-37-15-7-5-13-35(37)43(31-10-3-2-4-11-31)36-14-6-8-16-38(36)44/h2-26H,1H3. The zero-order valence-electron chi connectivity index (χ0n) is 24.2. The molecule has 210 valence electrons. The van der Waals surface area contributed by atoms with Crippen molar-refractivity contribution < 1.29 is 0 Å². The van der Waals surface area contributed by atoms with E-state index in [0.29, 0.717) is 5.02 Å². The van der Waals surface area contributed by atoms with Crippen molar-refractivity contribution >= 4 is 56.6 Å². The molecule has 0 N–H and O–H groups in total. The molecule has 0 aliphatic carbocycles. The second-order valence-corrected chi connectivity index (χ2v) is 11.5. The molecule has 0 fully saturated rings. The van der Waals surface area contributed by atoms with E-state index in [-0.39, 0.29) is 0 Å². The molecule has 8 rings (SSSR count). The Hall–Kier alpha value is -5.38. The van der Waals surface area contributed by atoms with E-state index in [1.54, 1.807) is 0 Å². The molecule has 0 bridgehead atoms. The van der Waals surface area contributed by atoms with E-state index in [1.165, 1.54) is 5.56 Å². The monoisotopic (exact) mass is 585 g/mol. The number of pyridine rings is 1. The molecule has 0 saturated heterocycles. The van der Waals surface area contributed by atoms with Gasteiger partial charge >= 0.3 is 0 Å². The summed E-state index contributed by atoms with van der Waals surface area (Å²) in [5, 5.41) is 1.81. The van der Waals surface area contributed by atoms with Gasteiger partial charge in [-0.2, -0.15) is 0 Å². The van der Waals surface area contributed by atoms with Crippen molar-refractivity contribution in [3.63, 3.8) is 0 Å². The highest BCUT2D eigenvalue weighted by Gasteiger charge is 2.31. The van der Waals surface area contributed by atoms with Crippen LogP contribution in [0.25, 0.3) is 33.3 Å². The predicted molar refractivity (Wildman–Crippen MR) is 185 cm³/mol. The van der Waals surface area contributed by atoms with E-state index in [4.69, 9.17) is 16.6 Å². The number of nitrogens with zero attached hydrogens (tertiary/aromatic N) is 3. The van der Waals surface area contributed by atoms with Gasteiger partial charge < -0.3 is 9.80 Å². The van der Waals surface area contributed by atoms with Crippen LogP contribution in [0.3, 0.4) is 0 Å². The van der Waals surface area contributed by atoms with Gasteiger partial charge in [-0.05, 0) is 78.7 Å². The molecule has 4 heteroatoms. The average molecular weight is 586 g/mol. The van der Waals surface area contributed by atoms with E-state index in [1.807, 2.05) is 24.3 Å². The molecule has 7 aromatic rings. The maximum absolute atomic E-state index is 6.28. The van der Waals surface area contributed by atoms with E-state index < -0.39 is 0 Å². The first-order chi connectivity index (χ1) is 21.7. The molecule has 0 unspecified atom stereocenters. The minimum atomic E-state index is 0.707. The number of fused-ring (bicyclic) bond motifs is 3. The van der Waals surface area contributed by atoms with E-state index in [9.17, 15) is 0 Å². The van der Waals surface area contributed by atoms with Gasteiger partial charge in [-0.25, -0.2) is 4.98 Å². The van der Waals surface area contributed by atoms with Gasteiger partial charge in [0, 0.05) is 21.7 Å². The summed E-state index contributed by atoms with van der Waals surface area (Å²) in [6.45, 7) is 2.12. The normalized spacial score (nSPS) is 12.2. The van der Waals surface area contributed by atoms with Crippen LogP contribution in [0.5, 0.6) is 0 Å². The molecule has 1 aromatic heterocycles. The van der Waals surface area contributed by atoms with Gasteiger partial charge in [0.15, 0.2) is 0 Å².